The zero-order chi connectivity index (χ0) is 13.8. The van der Waals surface area contributed by atoms with Gasteiger partial charge in [-0.05, 0) is 43.2 Å². The Labute approximate surface area is 112 Å². The second-order valence-corrected chi connectivity index (χ2v) is 4.14. The van der Waals surface area contributed by atoms with Crippen LogP contribution in [0.3, 0.4) is 0 Å². The topological polar surface area (TPSA) is 71.9 Å². The number of aromatic nitrogens is 1. The van der Waals surface area contributed by atoms with E-state index >= 15 is 0 Å². The molecule has 1 aromatic carbocycles. The molecule has 96 valence electrons. The Morgan fingerprint density at radius 3 is 2.79 bits per heavy atom. The van der Waals surface area contributed by atoms with Gasteiger partial charge in [0.15, 0.2) is 0 Å². The summed E-state index contributed by atoms with van der Waals surface area (Å²) >= 11 is 0. The molecule has 4 nitrogen and oxygen atoms in total. The number of ether oxygens (including phenoxy) is 1. The molecule has 0 saturated heterocycles. The van der Waals surface area contributed by atoms with Gasteiger partial charge in [-0.3, -0.25) is 0 Å². The Hall–Kier alpha value is -2.54. The van der Waals surface area contributed by atoms with E-state index in [0.29, 0.717) is 12.2 Å². The lowest BCUT2D eigenvalue weighted by Crippen LogP contribution is -1.98. The largest absolute Gasteiger partial charge is 0.494 e. The summed E-state index contributed by atoms with van der Waals surface area (Å²) in [5.74, 6) is 1.11. The number of benzene rings is 1. The zero-order valence-corrected chi connectivity index (χ0v) is 11.0. The summed E-state index contributed by atoms with van der Waals surface area (Å²) in [6, 6.07) is 9.72. The Kier molecular flexibility index (Phi) is 3.67. The van der Waals surface area contributed by atoms with Gasteiger partial charge in [-0.2, -0.15) is 5.26 Å². The third-order valence-electron chi connectivity index (χ3n) is 2.88. The highest BCUT2D eigenvalue weighted by molar-refractivity contribution is 5.75. The van der Waals surface area contributed by atoms with Crippen molar-refractivity contribution in [3.63, 3.8) is 0 Å². The van der Waals surface area contributed by atoms with Gasteiger partial charge in [0.2, 0.25) is 0 Å². The molecule has 0 radical (unpaired) electrons. The van der Waals surface area contributed by atoms with Crippen molar-refractivity contribution in [3.8, 4) is 22.9 Å². The lowest BCUT2D eigenvalue weighted by atomic mass is 9.99. The Balaban J connectivity index is 2.52. The maximum atomic E-state index is 9.17. The van der Waals surface area contributed by atoms with Crippen LogP contribution in [0.15, 0.2) is 30.5 Å². The highest BCUT2D eigenvalue weighted by atomic mass is 16.5. The molecule has 19 heavy (non-hydrogen) atoms. The lowest BCUT2D eigenvalue weighted by Gasteiger charge is -2.10. The minimum Gasteiger partial charge on any atom is -0.494 e. The van der Waals surface area contributed by atoms with Gasteiger partial charge in [-0.1, -0.05) is 6.07 Å². The highest BCUT2D eigenvalue weighted by Gasteiger charge is 2.10. The molecule has 0 saturated carbocycles. The highest BCUT2D eigenvalue weighted by Crippen LogP contribution is 2.29. The quantitative estimate of drug-likeness (QED) is 0.912. The van der Waals surface area contributed by atoms with Gasteiger partial charge in [0.1, 0.15) is 23.2 Å². The first kappa shape index (κ1) is 12.9. The average molecular weight is 253 g/mol. The van der Waals surface area contributed by atoms with Crippen LogP contribution in [0.2, 0.25) is 0 Å². The van der Waals surface area contributed by atoms with Gasteiger partial charge in [-0.25, -0.2) is 4.98 Å². The standard InChI is InChI=1S/C15H15N3O/c1-3-19-14-5-4-11(8-10(14)2)12-6-7-18-15(17)13(12)9-16/h4-8H,3H2,1-2H3,(H2,17,18). The number of pyridine rings is 1. The molecule has 0 aliphatic rings. The molecule has 0 bridgehead atoms. The van der Waals surface area contributed by atoms with Crippen LogP contribution in [0.1, 0.15) is 18.1 Å². The molecule has 0 unspecified atom stereocenters. The van der Waals surface area contributed by atoms with Crippen LogP contribution < -0.4 is 10.5 Å². The van der Waals surface area contributed by atoms with Crippen LogP contribution in [-0.2, 0) is 0 Å². The number of nitrogen functional groups attached to an aromatic ring is 1. The van der Waals surface area contributed by atoms with Gasteiger partial charge in [0.25, 0.3) is 0 Å². The Morgan fingerprint density at radius 2 is 2.16 bits per heavy atom. The van der Waals surface area contributed by atoms with E-state index in [4.69, 9.17) is 10.5 Å². The van der Waals surface area contributed by atoms with Crippen LogP contribution in [-0.4, -0.2) is 11.6 Å². The number of hydrogen-bond donors (Lipinski definition) is 1. The van der Waals surface area contributed by atoms with Gasteiger partial charge in [-0.15, -0.1) is 0 Å². The third kappa shape index (κ3) is 2.50. The van der Waals surface area contributed by atoms with Crippen molar-refractivity contribution in [2.75, 3.05) is 12.3 Å². The normalized spacial score (nSPS) is 9.95. The molecule has 4 heteroatoms. The van der Waals surface area contributed by atoms with E-state index in [9.17, 15) is 5.26 Å². The maximum Gasteiger partial charge on any atom is 0.141 e. The molecule has 0 atom stereocenters. The number of nitrogens with two attached hydrogens (primary N) is 1. The first-order valence-corrected chi connectivity index (χ1v) is 6.05. The summed E-state index contributed by atoms with van der Waals surface area (Å²) in [6.07, 6.45) is 1.61. The SMILES string of the molecule is CCOc1ccc(-c2ccnc(N)c2C#N)cc1C. The number of nitrogens with zero attached hydrogens (tertiary/aromatic N) is 2. The lowest BCUT2D eigenvalue weighted by molar-refractivity contribution is 0.338. The number of nitriles is 1. The first-order valence-electron chi connectivity index (χ1n) is 6.05. The van der Waals surface area contributed by atoms with Crippen LogP contribution >= 0.6 is 0 Å². The van der Waals surface area contributed by atoms with Crippen LogP contribution in [0.5, 0.6) is 5.75 Å². The van der Waals surface area contributed by atoms with Crippen molar-refractivity contribution in [2.24, 2.45) is 0 Å². The number of anilines is 1. The summed E-state index contributed by atoms with van der Waals surface area (Å²) in [5, 5.41) is 9.17. The Bertz CT molecular complexity index is 644. The fraction of sp³-hybridized carbons (Fsp3) is 0.200. The monoisotopic (exact) mass is 253 g/mol. The van der Waals surface area contributed by atoms with Crippen molar-refractivity contribution >= 4 is 5.82 Å². The van der Waals surface area contributed by atoms with Crippen molar-refractivity contribution in [1.29, 1.82) is 5.26 Å². The molecule has 0 fully saturated rings. The second-order valence-electron chi connectivity index (χ2n) is 4.14. The summed E-state index contributed by atoms with van der Waals surface area (Å²) in [5.41, 5.74) is 8.89. The van der Waals surface area contributed by atoms with Crippen molar-refractivity contribution < 1.29 is 4.74 Å². The van der Waals surface area contributed by atoms with E-state index in [2.05, 4.69) is 11.1 Å². The molecule has 0 amide bonds. The van der Waals surface area contributed by atoms with Crippen LogP contribution in [0.4, 0.5) is 5.82 Å². The summed E-state index contributed by atoms with van der Waals surface area (Å²) in [6.45, 7) is 4.56. The van der Waals surface area contributed by atoms with E-state index in [0.717, 1.165) is 22.4 Å². The minimum atomic E-state index is 0.256. The van der Waals surface area contributed by atoms with Crippen molar-refractivity contribution in [2.45, 2.75) is 13.8 Å². The molecule has 2 aromatic rings. The second kappa shape index (κ2) is 5.40. The number of aryl methyl sites for hydroxylation is 1. The van der Waals surface area contributed by atoms with Crippen molar-refractivity contribution in [3.05, 3.63) is 41.6 Å². The van der Waals surface area contributed by atoms with E-state index in [1.807, 2.05) is 32.0 Å². The third-order valence-corrected chi connectivity index (χ3v) is 2.88. The molecule has 0 spiro atoms. The molecule has 1 aromatic heterocycles. The smallest absolute Gasteiger partial charge is 0.141 e. The summed E-state index contributed by atoms with van der Waals surface area (Å²) in [7, 11) is 0. The molecule has 2 rings (SSSR count). The van der Waals surface area contributed by atoms with Gasteiger partial charge >= 0.3 is 0 Å². The summed E-state index contributed by atoms with van der Waals surface area (Å²) in [4.78, 5) is 3.94. The number of hydrogen-bond acceptors (Lipinski definition) is 4. The molecular formula is C15H15N3O. The van der Waals surface area contributed by atoms with Gasteiger partial charge in [0, 0.05) is 11.8 Å². The molecule has 0 aliphatic carbocycles. The minimum absolute atomic E-state index is 0.256. The first-order chi connectivity index (χ1) is 9.17. The van der Waals surface area contributed by atoms with Gasteiger partial charge in [0.05, 0.1) is 6.61 Å². The van der Waals surface area contributed by atoms with E-state index in [-0.39, 0.29) is 5.82 Å². The van der Waals surface area contributed by atoms with E-state index in [1.165, 1.54) is 0 Å². The van der Waals surface area contributed by atoms with Gasteiger partial charge < -0.3 is 10.5 Å². The number of rotatable bonds is 3. The molecule has 0 aliphatic heterocycles. The zero-order valence-electron chi connectivity index (χ0n) is 11.0. The van der Waals surface area contributed by atoms with E-state index < -0.39 is 0 Å². The van der Waals surface area contributed by atoms with Crippen LogP contribution in [0.25, 0.3) is 11.1 Å². The van der Waals surface area contributed by atoms with E-state index in [1.54, 1.807) is 12.3 Å². The Morgan fingerprint density at radius 1 is 1.37 bits per heavy atom. The fourth-order valence-corrected chi connectivity index (χ4v) is 1.97. The predicted molar refractivity (Wildman–Crippen MR) is 74.7 cm³/mol. The summed E-state index contributed by atoms with van der Waals surface area (Å²) < 4.78 is 5.51. The molecule has 1 heterocycles. The van der Waals surface area contributed by atoms with Crippen molar-refractivity contribution in [1.82, 2.24) is 4.98 Å². The fourth-order valence-electron chi connectivity index (χ4n) is 1.97. The average Bonchev–Trinajstić information content (AvgIpc) is 2.41. The predicted octanol–water partition coefficient (Wildman–Crippen LogP) is 2.91. The maximum absolute atomic E-state index is 9.17. The van der Waals surface area contributed by atoms with Crippen LogP contribution in [0, 0.1) is 18.3 Å². The molecule has 2 N–H and O–H groups in total. The molecular weight excluding hydrogens is 238 g/mol.